The molecule has 0 aliphatic rings. The summed E-state index contributed by atoms with van der Waals surface area (Å²) in [6.45, 7) is 4.18. The van der Waals surface area contributed by atoms with Crippen LogP contribution in [-0.2, 0) is 0 Å². The Morgan fingerprint density at radius 2 is 2.17 bits per heavy atom. The smallest absolute Gasteiger partial charge is 0.151 e. The number of hydrogen-bond donors (Lipinski definition) is 0. The molecule has 0 fully saturated rings. The fourth-order valence-electron chi connectivity index (χ4n) is 1.63. The first-order chi connectivity index (χ1) is 8.65. The van der Waals surface area contributed by atoms with Crippen molar-refractivity contribution in [3.05, 3.63) is 28.8 Å². The third-order valence-corrected chi connectivity index (χ3v) is 5.11. The molecule has 0 amide bonds. The molecule has 0 radical (unpaired) electrons. The van der Waals surface area contributed by atoms with Crippen LogP contribution in [0.15, 0.2) is 18.2 Å². The van der Waals surface area contributed by atoms with Crippen LogP contribution in [0.2, 0.25) is 0 Å². The molecule has 2 rings (SSSR count). The van der Waals surface area contributed by atoms with E-state index in [1.165, 1.54) is 5.56 Å². The number of methoxy groups -OCH3 is 1. The SMILES string of the molecule is CCC(Br)c1nnc(-c2cc(C)ccc2OC)s1. The predicted octanol–water partition coefficient (Wildman–Crippen LogP) is 4.37. The normalized spacial score (nSPS) is 12.4. The molecular weight excluding hydrogens is 312 g/mol. The van der Waals surface area contributed by atoms with Gasteiger partial charge >= 0.3 is 0 Å². The number of nitrogens with zero attached hydrogens (tertiary/aromatic N) is 2. The molecule has 1 heterocycles. The molecule has 0 aliphatic heterocycles. The molecule has 1 aromatic carbocycles. The summed E-state index contributed by atoms with van der Waals surface area (Å²) < 4.78 is 5.38. The molecule has 1 atom stereocenters. The summed E-state index contributed by atoms with van der Waals surface area (Å²) in [4.78, 5) is 0.277. The molecule has 0 N–H and O–H groups in total. The van der Waals surface area contributed by atoms with Gasteiger partial charge in [-0.2, -0.15) is 0 Å². The molecular formula is C13H15BrN2OS. The third-order valence-electron chi connectivity index (χ3n) is 2.65. The van der Waals surface area contributed by atoms with Crippen LogP contribution in [0.5, 0.6) is 5.75 Å². The highest BCUT2D eigenvalue weighted by molar-refractivity contribution is 9.09. The summed E-state index contributed by atoms with van der Waals surface area (Å²) >= 11 is 5.21. The molecule has 1 aromatic heterocycles. The predicted molar refractivity (Wildman–Crippen MR) is 78.6 cm³/mol. The molecule has 1 unspecified atom stereocenters. The Balaban J connectivity index is 2.42. The minimum Gasteiger partial charge on any atom is -0.496 e. The Bertz CT molecular complexity index is 542. The van der Waals surface area contributed by atoms with Crippen molar-refractivity contribution in [2.75, 3.05) is 7.11 Å². The maximum Gasteiger partial charge on any atom is 0.151 e. The maximum atomic E-state index is 5.38. The van der Waals surface area contributed by atoms with E-state index in [2.05, 4.69) is 46.0 Å². The average molecular weight is 327 g/mol. The summed E-state index contributed by atoms with van der Waals surface area (Å²) in [7, 11) is 1.68. The zero-order valence-electron chi connectivity index (χ0n) is 10.6. The first-order valence-corrected chi connectivity index (χ1v) is 7.51. The number of benzene rings is 1. The summed E-state index contributed by atoms with van der Waals surface area (Å²) in [5.74, 6) is 0.839. The maximum absolute atomic E-state index is 5.38. The van der Waals surface area contributed by atoms with Crippen LogP contribution >= 0.6 is 27.3 Å². The minimum atomic E-state index is 0.277. The monoisotopic (exact) mass is 326 g/mol. The van der Waals surface area contributed by atoms with Crippen LogP contribution in [-0.4, -0.2) is 17.3 Å². The quantitative estimate of drug-likeness (QED) is 0.782. The standard InChI is InChI=1S/C13H15BrN2OS/c1-4-10(14)13-16-15-12(18-13)9-7-8(2)5-6-11(9)17-3/h5-7,10H,4H2,1-3H3. The topological polar surface area (TPSA) is 35.0 Å². The van der Waals surface area contributed by atoms with Crippen LogP contribution in [0.4, 0.5) is 0 Å². The van der Waals surface area contributed by atoms with Crippen LogP contribution in [0.1, 0.15) is 28.7 Å². The van der Waals surface area contributed by atoms with Crippen molar-refractivity contribution in [3.8, 4) is 16.3 Å². The zero-order chi connectivity index (χ0) is 13.1. The van der Waals surface area contributed by atoms with Crippen molar-refractivity contribution in [2.45, 2.75) is 25.1 Å². The number of ether oxygens (including phenoxy) is 1. The van der Waals surface area contributed by atoms with Crippen LogP contribution < -0.4 is 4.74 Å². The van der Waals surface area contributed by atoms with Gasteiger partial charge in [-0.1, -0.05) is 45.8 Å². The molecule has 0 bridgehead atoms. The molecule has 0 saturated heterocycles. The first kappa shape index (κ1) is 13.5. The highest BCUT2D eigenvalue weighted by Gasteiger charge is 2.15. The summed E-state index contributed by atoms with van der Waals surface area (Å²) in [6, 6.07) is 6.08. The van der Waals surface area contributed by atoms with Crippen molar-refractivity contribution in [1.82, 2.24) is 10.2 Å². The largest absolute Gasteiger partial charge is 0.496 e. The fraction of sp³-hybridized carbons (Fsp3) is 0.385. The Labute approximate surface area is 119 Å². The summed E-state index contributed by atoms with van der Waals surface area (Å²) in [5, 5.41) is 10.4. The van der Waals surface area contributed by atoms with Crippen molar-refractivity contribution in [3.63, 3.8) is 0 Å². The van der Waals surface area contributed by atoms with E-state index in [-0.39, 0.29) is 4.83 Å². The van der Waals surface area contributed by atoms with E-state index in [0.717, 1.165) is 27.7 Å². The number of aryl methyl sites for hydroxylation is 1. The Kier molecular flexibility index (Phi) is 4.35. The Morgan fingerprint density at radius 3 is 2.83 bits per heavy atom. The van der Waals surface area contributed by atoms with Gasteiger partial charge in [-0.25, -0.2) is 0 Å². The Morgan fingerprint density at radius 1 is 1.39 bits per heavy atom. The van der Waals surface area contributed by atoms with Crippen molar-refractivity contribution in [1.29, 1.82) is 0 Å². The van der Waals surface area contributed by atoms with E-state index in [0.29, 0.717) is 0 Å². The first-order valence-electron chi connectivity index (χ1n) is 5.78. The van der Waals surface area contributed by atoms with Crippen molar-refractivity contribution < 1.29 is 4.74 Å². The van der Waals surface area contributed by atoms with Gasteiger partial charge in [0.05, 0.1) is 17.5 Å². The van der Waals surface area contributed by atoms with E-state index >= 15 is 0 Å². The van der Waals surface area contributed by atoms with Gasteiger partial charge in [-0.05, 0) is 25.5 Å². The molecule has 0 aliphatic carbocycles. The number of halogens is 1. The van der Waals surface area contributed by atoms with Gasteiger partial charge in [0.15, 0.2) is 5.01 Å². The van der Waals surface area contributed by atoms with E-state index in [9.17, 15) is 0 Å². The second-order valence-corrected chi connectivity index (χ2v) is 6.14. The van der Waals surface area contributed by atoms with Gasteiger partial charge in [0.1, 0.15) is 10.8 Å². The lowest BCUT2D eigenvalue weighted by molar-refractivity contribution is 0.416. The minimum absolute atomic E-state index is 0.277. The molecule has 2 aromatic rings. The molecule has 3 nitrogen and oxygen atoms in total. The molecule has 0 spiro atoms. The lowest BCUT2D eigenvalue weighted by Gasteiger charge is -2.06. The van der Waals surface area contributed by atoms with Gasteiger partial charge in [-0.3, -0.25) is 0 Å². The van der Waals surface area contributed by atoms with Gasteiger partial charge < -0.3 is 4.74 Å². The van der Waals surface area contributed by atoms with E-state index < -0.39 is 0 Å². The number of alkyl halides is 1. The van der Waals surface area contributed by atoms with Crippen LogP contribution in [0, 0.1) is 6.92 Å². The Hall–Kier alpha value is -0.940. The zero-order valence-corrected chi connectivity index (χ0v) is 13.0. The third kappa shape index (κ3) is 2.72. The van der Waals surface area contributed by atoms with Crippen molar-refractivity contribution >= 4 is 27.3 Å². The van der Waals surface area contributed by atoms with Gasteiger partial charge in [-0.15, -0.1) is 10.2 Å². The van der Waals surface area contributed by atoms with Gasteiger partial charge in [0, 0.05) is 0 Å². The van der Waals surface area contributed by atoms with Crippen LogP contribution in [0.25, 0.3) is 10.6 Å². The summed E-state index contributed by atoms with van der Waals surface area (Å²) in [6.07, 6.45) is 1.000. The van der Waals surface area contributed by atoms with E-state index in [1.807, 2.05) is 12.1 Å². The number of rotatable bonds is 4. The van der Waals surface area contributed by atoms with Gasteiger partial charge in [0.25, 0.3) is 0 Å². The lowest BCUT2D eigenvalue weighted by Crippen LogP contribution is -1.88. The number of aromatic nitrogens is 2. The highest BCUT2D eigenvalue weighted by atomic mass is 79.9. The highest BCUT2D eigenvalue weighted by Crippen LogP contribution is 2.36. The van der Waals surface area contributed by atoms with E-state index in [4.69, 9.17) is 4.74 Å². The van der Waals surface area contributed by atoms with E-state index in [1.54, 1.807) is 18.4 Å². The summed E-state index contributed by atoms with van der Waals surface area (Å²) in [5.41, 5.74) is 2.20. The number of hydrogen-bond acceptors (Lipinski definition) is 4. The fourth-order valence-corrected chi connectivity index (χ4v) is 2.93. The van der Waals surface area contributed by atoms with Gasteiger partial charge in [0.2, 0.25) is 0 Å². The van der Waals surface area contributed by atoms with Crippen LogP contribution in [0.3, 0.4) is 0 Å². The molecule has 18 heavy (non-hydrogen) atoms. The van der Waals surface area contributed by atoms with Crippen molar-refractivity contribution in [2.24, 2.45) is 0 Å². The second-order valence-electron chi connectivity index (χ2n) is 4.02. The molecule has 96 valence electrons. The molecule has 5 heteroatoms. The second kappa shape index (κ2) is 5.80. The lowest BCUT2D eigenvalue weighted by atomic mass is 10.1. The molecule has 0 saturated carbocycles. The average Bonchev–Trinajstić information content (AvgIpc) is 2.87.